The van der Waals surface area contributed by atoms with E-state index in [4.69, 9.17) is 28.2 Å². The van der Waals surface area contributed by atoms with Crippen LogP contribution in [0.2, 0.25) is 0 Å². The number of rotatable bonds is 8. The molecule has 0 aromatic rings. The van der Waals surface area contributed by atoms with Gasteiger partial charge in [-0.25, -0.2) is 0 Å². The van der Waals surface area contributed by atoms with Crippen LogP contribution in [0.15, 0.2) is 0 Å². The van der Waals surface area contributed by atoms with Gasteiger partial charge < -0.3 is 28.2 Å². The van der Waals surface area contributed by atoms with E-state index in [0.29, 0.717) is 22.0 Å². The van der Waals surface area contributed by atoms with Crippen molar-refractivity contribution in [3.05, 3.63) is 0 Å². The lowest BCUT2D eigenvalue weighted by molar-refractivity contribution is -0.221. The molecule has 2 rings (SSSR count). The summed E-state index contributed by atoms with van der Waals surface area (Å²) in [5.74, 6) is 1.74. The van der Waals surface area contributed by atoms with Gasteiger partial charge >= 0.3 is 0 Å². The van der Waals surface area contributed by atoms with Gasteiger partial charge in [-0.05, 0) is 6.66 Å². The van der Waals surface area contributed by atoms with Crippen molar-refractivity contribution in [2.45, 2.75) is 25.2 Å². The van der Waals surface area contributed by atoms with Crippen LogP contribution in [-0.4, -0.2) is 63.7 Å². The Bertz CT molecular complexity index is 262. The molecule has 2 saturated heterocycles. The van der Waals surface area contributed by atoms with Crippen LogP contribution in [0.25, 0.3) is 0 Å². The Hall–Kier alpha value is 0.890. The van der Waals surface area contributed by atoms with Crippen LogP contribution < -0.4 is 0 Å². The molecule has 112 valence electrons. The third-order valence-corrected chi connectivity index (χ3v) is 5.37. The summed E-state index contributed by atoms with van der Waals surface area (Å²) >= 11 is 0. The summed E-state index contributed by atoms with van der Waals surface area (Å²) in [4.78, 5) is 0. The maximum absolute atomic E-state index is 5.56. The van der Waals surface area contributed by atoms with Crippen molar-refractivity contribution < 1.29 is 28.2 Å². The van der Waals surface area contributed by atoms with Crippen molar-refractivity contribution in [1.29, 1.82) is 0 Å². The van der Waals surface area contributed by atoms with E-state index in [1.54, 1.807) is 28.7 Å². The van der Waals surface area contributed by atoms with Crippen LogP contribution in [0.3, 0.4) is 0 Å². The summed E-state index contributed by atoms with van der Waals surface area (Å²) in [5.41, 5.74) is 0. The fraction of sp³-hybridized carbons (Fsp3) is 1.00. The summed E-state index contributed by atoms with van der Waals surface area (Å²) in [6.07, 6.45) is 0.201. The third kappa shape index (κ3) is 5.65. The zero-order valence-electron chi connectivity index (χ0n) is 10.9. The zero-order valence-corrected chi connectivity index (χ0v) is 13.5. The molecule has 0 aliphatic carbocycles. The van der Waals surface area contributed by atoms with Crippen LogP contribution in [0.4, 0.5) is 0 Å². The van der Waals surface area contributed by atoms with Crippen LogP contribution in [0, 0.1) is 0 Å². The maximum atomic E-state index is 5.56. The van der Waals surface area contributed by atoms with Crippen molar-refractivity contribution in [1.82, 2.24) is 0 Å². The lowest BCUT2D eigenvalue weighted by Crippen LogP contribution is -2.16. The van der Waals surface area contributed by atoms with E-state index in [-0.39, 0.29) is 12.2 Å². The highest BCUT2D eigenvalue weighted by atomic mass is 33.1. The first kappa shape index (κ1) is 16.3. The molecular weight excluding hydrogens is 311 g/mol. The Morgan fingerprint density at radius 3 is 2.16 bits per heavy atom. The van der Waals surface area contributed by atoms with Crippen molar-refractivity contribution in [3.8, 4) is 0 Å². The molecule has 6 nitrogen and oxygen atoms in total. The van der Waals surface area contributed by atoms with Gasteiger partial charge in [0.2, 0.25) is 0 Å². The zero-order chi connectivity index (χ0) is 13.5. The Balaban J connectivity index is 1.49. The molecule has 0 radical (unpaired) electrons. The Morgan fingerprint density at radius 2 is 1.63 bits per heavy atom. The first-order chi connectivity index (χ1) is 9.31. The third-order valence-electron chi connectivity index (χ3n) is 2.44. The maximum Gasteiger partial charge on any atom is 0.274 e. The molecule has 0 N–H and O–H groups in total. The van der Waals surface area contributed by atoms with Crippen molar-refractivity contribution >= 4 is 30.4 Å². The molecule has 2 heterocycles. The summed E-state index contributed by atoms with van der Waals surface area (Å²) in [6.45, 7) is 2.14. The molecule has 2 fully saturated rings. The normalized spacial score (nSPS) is 35.7. The molecule has 5 atom stereocenters. The Kier molecular flexibility index (Phi) is 7.72. The first-order valence-electron chi connectivity index (χ1n) is 5.95. The van der Waals surface area contributed by atoms with Gasteiger partial charge in [-0.2, -0.15) is 0 Å². The molecule has 0 aromatic carbocycles. The van der Waals surface area contributed by atoms with Gasteiger partial charge in [-0.3, -0.25) is 0 Å². The average Bonchev–Trinajstić information content (AvgIpc) is 3.04. The summed E-state index contributed by atoms with van der Waals surface area (Å²) in [6, 6.07) is 0. The number of methoxy groups -OCH3 is 1. The van der Waals surface area contributed by atoms with Crippen LogP contribution in [0.1, 0.15) is 0 Å². The minimum absolute atomic E-state index is 0.0977. The van der Waals surface area contributed by atoms with Gasteiger partial charge in [0.05, 0.1) is 25.4 Å². The summed E-state index contributed by atoms with van der Waals surface area (Å²) in [7, 11) is 5.45. The molecule has 5 unspecified atom stereocenters. The van der Waals surface area contributed by atoms with E-state index in [1.165, 1.54) is 0 Å². The Labute approximate surface area is 122 Å². The highest BCUT2D eigenvalue weighted by molar-refractivity contribution is 8.76. The number of hydrogen-bond donors (Lipinski definition) is 0. The van der Waals surface area contributed by atoms with Gasteiger partial charge in [-0.1, -0.05) is 21.6 Å². The van der Waals surface area contributed by atoms with Gasteiger partial charge in [0.25, 0.3) is 13.0 Å². The lowest BCUT2D eigenvalue weighted by atomic mass is 10.4. The van der Waals surface area contributed by atoms with Gasteiger partial charge in [0.1, 0.15) is 0 Å². The molecule has 2 aliphatic rings. The van der Waals surface area contributed by atoms with E-state index < -0.39 is 13.0 Å². The Morgan fingerprint density at radius 1 is 1.05 bits per heavy atom. The molecule has 0 aromatic heterocycles. The number of hydrogen-bond acceptors (Lipinski definition) is 8. The van der Waals surface area contributed by atoms with E-state index in [0.717, 1.165) is 11.5 Å². The van der Waals surface area contributed by atoms with Gasteiger partial charge in [-0.15, -0.1) is 0 Å². The first-order valence-corrected chi connectivity index (χ1v) is 9.85. The van der Waals surface area contributed by atoms with Gasteiger partial charge in [0.15, 0.2) is 0 Å². The molecule has 2 aliphatic heterocycles. The molecule has 0 amide bonds. The topological polar surface area (TPSA) is 55.4 Å². The standard InChI is InChI=1S/C10H19O6PS2/c1-11-9-12-3-7(14-9)5-18-19-6-8-4-13-10(15-8)16-17-2/h7-10,17H,3-6H2,1-2H3. The van der Waals surface area contributed by atoms with Crippen LogP contribution in [-0.2, 0) is 28.2 Å². The predicted octanol–water partition coefficient (Wildman–Crippen LogP) is 1.65. The largest absolute Gasteiger partial charge is 0.333 e. The van der Waals surface area contributed by atoms with Crippen LogP contribution in [0.5, 0.6) is 0 Å². The second-order valence-corrected chi connectivity index (χ2v) is 7.08. The van der Waals surface area contributed by atoms with Crippen molar-refractivity contribution in [2.24, 2.45) is 0 Å². The predicted molar refractivity (Wildman–Crippen MR) is 76.5 cm³/mol. The SMILES string of the molecule is COC1OCC(CSSCC2COC(OPC)O2)O1. The quantitative estimate of drug-likeness (QED) is 0.378. The van der Waals surface area contributed by atoms with E-state index in [2.05, 4.69) is 0 Å². The van der Waals surface area contributed by atoms with Crippen LogP contribution >= 0.6 is 30.4 Å². The highest BCUT2D eigenvalue weighted by Gasteiger charge is 2.28. The molecular formula is C10H19O6PS2. The van der Waals surface area contributed by atoms with E-state index in [9.17, 15) is 0 Å². The summed E-state index contributed by atoms with van der Waals surface area (Å²) in [5, 5.41) is 0. The smallest absolute Gasteiger partial charge is 0.274 e. The van der Waals surface area contributed by atoms with Crippen molar-refractivity contribution in [2.75, 3.05) is 38.5 Å². The minimum atomic E-state index is -0.505. The fourth-order valence-electron chi connectivity index (χ4n) is 1.55. The molecule has 9 heteroatoms. The lowest BCUT2D eigenvalue weighted by Gasteiger charge is -2.11. The fourth-order valence-corrected chi connectivity index (χ4v) is 4.20. The molecule has 0 spiro atoms. The molecule has 0 bridgehead atoms. The minimum Gasteiger partial charge on any atom is -0.333 e. The molecule has 19 heavy (non-hydrogen) atoms. The van der Waals surface area contributed by atoms with Gasteiger partial charge in [0, 0.05) is 27.4 Å². The second-order valence-electron chi connectivity index (χ2n) is 3.89. The molecule has 0 saturated carbocycles. The van der Waals surface area contributed by atoms with Crippen molar-refractivity contribution in [3.63, 3.8) is 0 Å². The average molecular weight is 330 g/mol. The van der Waals surface area contributed by atoms with E-state index in [1.807, 2.05) is 6.66 Å². The van der Waals surface area contributed by atoms with E-state index >= 15 is 0 Å². The monoisotopic (exact) mass is 330 g/mol. The number of ether oxygens (including phenoxy) is 5. The summed E-state index contributed by atoms with van der Waals surface area (Å²) < 4.78 is 31.9. The highest BCUT2D eigenvalue weighted by Crippen LogP contribution is 2.29. The second kappa shape index (κ2) is 9.02.